The van der Waals surface area contributed by atoms with Crippen LogP contribution in [0.15, 0.2) is 66.1 Å². The number of aromatic nitrogens is 1. The molecule has 1 saturated heterocycles. The molecule has 0 N–H and O–H groups in total. The average Bonchev–Trinajstić information content (AvgIpc) is 3.28. The van der Waals surface area contributed by atoms with E-state index in [1.54, 1.807) is 17.4 Å². The van der Waals surface area contributed by atoms with Gasteiger partial charge < -0.3 is 14.4 Å². The molecule has 1 aliphatic heterocycles. The third-order valence-corrected chi connectivity index (χ3v) is 6.25. The second kappa shape index (κ2) is 11.7. The topological polar surface area (TPSA) is 54.9 Å². The van der Waals surface area contributed by atoms with Crippen LogP contribution >= 0.6 is 11.3 Å². The quantitative estimate of drug-likeness (QED) is 0.440. The van der Waals surface area contributed by atoms with Crippen LogP contribution in [0.25, 0.3) is 6.08 Å². The van der Waals surface area contributed by atoms with E-state index in [1.165, 1.54) is 0 Å². The van der Waals surface area contributed by atoms with Gasteiger partial charge in [0.25, 0.3) is 5.91 Å². The molecule has 3 aromatic rings. The number of carbonyl (C=O) groups excluding carboxylic acids is 1. The zero-order valence-corrected chi connectivity index (χ0v) is 19.7. The first-order valence-corrected chi connectivity index (χ1v) is 12.0. The zero-order chi connectivity index (χ0) is 22.9. The molecule has 0 saturated carbocycles. The lowest BCUT2D eigenvalue weighted by Crippen LogP contribution is -2.42. The monoisotopic (exact) mass is 463 g/mol. The van der Waals surface area contributed by atoms with E-state index in [4.69, 9.17) is 9.47 Å². The van der Waals surface area contributed by atoms with Crippen molar-refractivity contribution in [1.29, 1.82) is 0 Å². The summed E-state index contributed by atoms with van der Waals surface area (Å²) in [5.74, 6) is 0.745. The van der Waals surface area contributed by atoms with Gasteiger partial charge in [0.15, 0.2) is 0 Å². The van der Waals surface area contributed by atoms with E-state index < -0.39 is 0 Å². The zero-order valence-electron chi connectivity index (χ0n) is 18.9. The number of rotatable bonds is 9. The van der Waals surface area contributed by atoms with E-state index in [0.717, 1.165) is 60.5 Å². The van der Waals surface area contributed by atoms with E-state index in [-0.39, 0.29) is 5.91 Å². The summed E-state index contributed by atoms with van der Waals surface area (Å²) in [7, 11) is 0. The molecule has 1 aliphatic rings. The van der Waals surface area contributed by atoms with Gasteiger partial charge in [-0.05, 0) is 42.8 Å². The second-order valence-corrected chi connectivity index (χ2v) is 8.89. The predicted molar refractivity (Wildman–Crippen MR) is 133 cm³/mol. The molecule has 0 aliphatic carbocycles. The molecule has 1 aromatic heterocycles. The van der Waals surface area contributed by atoms with Gasteiger partial charge in [0.1, 0.15) is 12.4 Å². The minimum absolute atomic E-state index is 0.0336. The summed E-state index contributed by atoms with van der Waals surface area (Å²) in [6.45, 7) is 7.21. The molecule has 2 heterocycles. The number of benzene rings is 2. The molecular weight excluding hydrogens is 434 g/mol. The normalized spacial score (nSPS) is 14.5. The maximum Gasteiger partial charge on any atom is 0.251 e. The van der Waals surface area contributed by atoms with E-state index in [0.29, 0.717) is 13.2 Å². The van der Waals surface area contributed by atoms with Gasteiger partial charge in [0, 0.05) is 43.3 Å². The summed E-state index contributed by atoms with van der Waals surface area (Å²) in [5, 5.41) is 3.04. The first-order chi connectivity index (χ1) is 16.2. The lowest BCUT2D eigenvalue weighted by molar-refractivity contribution is -0.114. The smallest absolute Gasteiger partial charge is 0.251 e. The Hall–Kier alpha value is -3.00. The van der Waals surface area contributed by atoms with Crippen LogP contribution in [0.5, 0.6) is 5.75 Å². The standard InChI is InChI=1S/C26H29N3O3S/c1-21-27-23(20-33-21)19-32-25-10-7-22(8-11-25)9-12-26(30)29(24-5-3-2-4-6-24)14-13-28-15-17-31-18-16-28/h2-12,20H,13-19H2,1H3/b12-9+. The van der Waals surface area contributed by atoms with E-state index in [9.17, 15) is 4.79 Å². The second-order valence-electron chi connectivity index (χ2n) is 7.83. The predicted octanol–water partition coefficient (Wildman–Crippen LogP) is 4.41. The molecule has 0 atom stereocenters. The Kier molecular flexibility index (Phi) is 8.24. The number of thiazole rings is 1. The molecule has 0 radical (unpaired) electrons. The van der Waals surface area contributed by atoms with Crippen LogP contribution in [0.1, 0.15) is 16.3 Å². The van der Waals surface area contributed by atoms with Gasteiger partial charge in [-0.3, -0.25) is 9.69 Å². The fourth-order valence-electron chi connectivity index (χ4n) is 3.61. The van der Waals surface area contributed by atoms with Crippen LogP contribution in [0.4, 0.5) is 5.69 Å². The summed E-state index contributed by atoms with van der Waals surface area (Å²) in [5.41, 5.74) is 2.79. The molecule has 4 rings (SSSR count). The number of carbonyl (C=O) groups is 1. The van der Waals surface area contributed by atoms with Crippen molar-refractivity contribution >= 4 is 29.0 Å². The third-order valence-electron chi connectivity index (χ3n) is 5.43. The van der Waals surface area contributed by atoms with E-state index >= 15 is 0 Å². The molecular formula is C26H29N3O3S. The highest BCUT2D eigenvalue weighted by molar-refractivity contribution is 7.09. The average molecular weight is 464 g/mol. The van der Waals surface area contributed by atoms with Crippen LogP contribution < -0.4 is 9.64 Å². The molecule has 2 aromatic carbocycles. The van der Waals surface area contributed by atoms with Gasteiger partial charge in [-0.2, -0.15) is 0 Å². The van der Waals surface area contributed by atoms with Gasteiger partial charge in [0.2, 0.25) is 0 Å². The van der Waals surface area contributed by atoms with Crippen molar-refractivity contribution in [3.63, 3.8) is 0 Å². The Morgan fingerprint density at radius 3 is 2.61 bits per heavy atom. The fourth-order valence-corrected chi connectivity index (χ4v) is 4.20. The van der Waals surface area contributed by atoms with Crippen molar-refractivity contribution in [2.75, 3.05) is 44.3 Å². The Bertz CT molecular complexity index is 1040. The molecule has 1 amide bonds. The highest BCUT2D eigenvalue weighted by Gasteiger charge is 2.16. The van der Waals surface area contributed by atoms with Crippen LogP contribution in [-0.2, 0) is 16.1 Å². The van der Waals surface area contributed by atoms with Crippen molar-refractivity contribution < 1.29 is 14.3 Å². The molecule has 172 valence electrons. The van der Waals surface area contributed by atoms with Gasteiger partial charge >= 0.3 is 0 Å². The molecule has 1 fully saturated rings. The number of anilines is 1. The van der Waals surface area contributed by atoms with Crippen molar-refractivity contribution in [2.24, 2.45) is 0 Å². The van der Waals surface area contributed by atoms with Crippen LogP contribution in [0.3, 0.4) is 0 Å². The summed E-state index contributed by atoms with van der Waals surface area (Å²) in [4.78, 5) is 21.7. The number of aryl methyl sites for hydroxylation is 1. The van der Waals surface area contributed by atoms with Crippen molar-refractivity contribution in [1.82, 2.24) is 9.88 Å². The van der Waals surface area contributed by atoms with Gasteiger partial charge in [-0.25, -0.2) is 4.98 Å². The highest BCUT2D eigenvalue weighted by atomic mass is 32.1. The van der Waals surface area contributed by atoms with E-state index in [2.05, 4.69) is 9.88 Å². The SMILES string of the molecule is Cc1nc(COc2ccc(/C=C/C(=O)N(CCN3CCOCC3)c3ccccc3)cc2)cs1. The number of hydrogen-bond acceptors (Lipinski definition) is 6. The Labute approximate surface area is 199 Å². The summed E-state index contributed by atoms with van der Waals surface area (Å²) in [6.07, 6.45) is 3.49. The molecule has 33 heavy (non-hydrogen) atoms. The summed E-state index contributed by atoms with van der Waals surface area (Å²) >= 11 is 1.62. The molecule has 0 unspecified atom stereocenters. The highest BCUT2D eigenvalue weighted by Crippen LogP contribution is 2.18. The number of hydrogen-bond donors (Lipinski definition) is 0. The number of ether oxygens (including phenoxy) is 2. The summed E-state index contributed by atoms with van der Waals surface area (Å²) < 4.78 is 11.2. The minimum Gasteiger partial charge on any atom is -0.487 e. The minimum atomic E-state index is -0.0336. The van der Waals surface area contributed by atoms with Gasteiger partial charge in [-0.1, -0.05) is 30.3 Å². The first-order valence-electron chi connectivity index (χ1n) is 11.2. The Morgan fingerprint density at radius 2 is 1.91 bits per heavy atom. The Morgan fingerprint density at radius 1 is 1.15 bits per heavy atom. The van der Waals surface area contributed by atoms with Crippen LogP contribution in [0, 0.1) is 6.92 Å². The van der Waals surface area contributed by atoms with E-state index in [1.807, 2.05) is 77.9 Å². The maximum absolute atomic E-state index is 13.1. The number of morpholine rings is 1. The molecule has 0 spiro atoms. The van der Waals surface area contributed by atoms with Gasteiger partial charge in [-0.15, -0.1) is 11.3 Å². The molecule has 7 heteroatoms. The van der Waals surface area contributed by atoms with Crippen LogP contribution in [-0.4, -0.2) is 55.2 Å². The number of para-hydroxylation sites is 1. The largest absolute Gasteiger partial charge is 0.487 e. The third kappa shape index (κ3) is 6.99. The number of nitrogens with zero attached hydrogens (tertiary/aromatic N) is 3. The maximum atomic E-state index is 13.1. The van der Waals surface area contributed by atoms with Gasteiger partial charge in [0.05, 0.1) is 23.9 Å². The molecule has 6 nitrogen and oxygen atoms in total. The van der Waals surface area contributed by atoms with Crippen molar-refractivity contribution in [2.45, 2.75) is 13.5 Å². The fraction of sp³-hybridized carbons (Fsp3) is 0.308. The molecule has 0 bridgehead atoms. The van der Waals surface area contributed by atoms with Crippen molar-refractivity contribution in [3.8, 4) is 5.75 Å². The Balaban J connectivity index is 1.36. The summed E-state index contributed by atoms with van der Waals surface area (Å²) in [6, 6.07) is 17.6. The lowest BCUT2D eigenvalue weighted by atomic mass is 10.2. The van der Waals surface area contributed by atoms with Crippen molar-refractivity contribution in [3.05, 3.63) is 82.3 Å². The lowest BCUT2D eigenvalue weighted by Gasteiger charge is -2.29. The van der Waals surface area contributed by atoms with Crippen LogP contribution in [0.2, 0.25) is 0 Å². The number of amides is 1. The first kappa shape index (κ1) is 23.2.